The molecule has 2 aliphatic heterocycles. The molecule has 2 aliphatic rings. The zero-order valence-electron chi connectivity index (χ0n) is 18.2. The van der Waals surface area contributed by atoms with Crippen LogP contribution in [-0.2, 0) is 17.8 Å². The monoisotopic (exact) mass is 454 g/mol. The number of ether oxygens (including phenoxy) is 1. The Labute approximate surface area is 189 Å². The van der Waals surface area contributed by atoms with Crippen molar-refractivity contribution in [3.8, 4) is 17.1 Å². The van der Waals surface area contributed by atoms with Gasteiger partial charge in [-0.15, -0.1) is 0 Å². The summed E-state index contributed by atoms with van der Waals surface area (Å²) in [5.74, 6) is -0.468. The number of hydrogen-bond acceptors (Lipinski definition) is 6. The van der Waals surface area contributed by atoms with Crippen LogP contribution in [-0.4, -0.2) is 56.5 Å². The van der Waals surface area contributed by atoms with Crippen molar-refractivity contribution in [2.75, 3.05) is 24.5 Å². The van der Waals surface area contributed by atoms with Crippen LogP contribution in [0.25, 0.3) is 11.4 Å². The number of amides is 1. The standard InChI is InChI=1S/C23H24F2N6O2/c1-14(32)31-9-6-18-20(12-31)28-22(19-11-26-13-27-19)23(29-18)30-7-4-16(5-8-30)33-21-3-2-15(24)10-17(21)25/h2-3,10-11,13,16H,4-9,12H2,1H3,(H,26,27). The number of nitrogens with one attached hydrogen (secondary N) is 1. The van der Waals surface area contributed by atoms with Crippen LogP contribution in [0, 0.1) is 11.6 Å². The number of rotatable bonds is 4. The van der Waals surface area contributed by atoms with Gasteiger partial charge in [0.1, 0.15) is 17.6 Å². The molecule has 1 fully saturated rings. The second-order valence-corrected chi connectivity index (χ2v) is 8.32. The fourth-order valence-corrected chi connectivity index (χ4v) is 4.31. The molecule has 0 spiro atoms. The summed E-state index contributed by atoms with van der Waals surface area (Å²) in [5.41, 5.74) is 3.15. The molecule has 0 radical (unpaired) electrons. The Balaban J connectivity index is 1.36. The number of fused-ring (bicyclic) bond motifs is 1. The highest BCUT2D eigenvalue weighted by Crippen LogP contribution is 2.32. The van der Waals surface area contributed by atoms with E-state index in [1.54, 1.807) is 24.3 Å². The molecule has 0 saturated carbocycles. The van der Waals surface area contributed by atoms with Gasteiger partial charge in [0.2, 0.25) is 5.91 Å². The summed E-state index contributed by atoms with van der Waals surface area (Å²) in [6.07, 6.45) is 5.11. The lowest BCUT2D eigenvalue weighted by Gasteiger charge is -2.35. The summed E-state index contributed by atoms with van der Waals surface area (Å²) in [4.78, 5) is 32.8. The summed E-state index contributed by atoms with van der Waals surface area (Å²) in [7, 11) is 0. The van der Waals surface area contributed by atoms with Crippen molar-refractivity contribution in [1.82, 2.24) is 24.8 Å². The van der Waals surface area contributed by atoms with E-state index in [9.17, 15) is 13.6 Å². The maximum Gasteiger partial charge on any atom is 0.219 e. The second-order valence-electron chi connectivity index (χ2n) is 8.32. The third-order valence-electron chi connectivity index (χ3n) is 6.12. The number of halogens is 2. The highest BCUT2D eigenvalue weighted by Gasteiger charge is 2.29. The minimum atomic E-state index is -0.695. The molecule has 3 aromatic rings. The average Bonchev–Trinajstić information content (AvgIpc) is 3.35. The van der Waals surface area contributed by atoms with Crippen LogP contribution in [0.15, 0.2) is 30.7 Å². The van der Waals surface area contributed by atoms with Gasteiger partial charge < -0.3 is 19.5 Å². The normalized spacial score (nSPS) is 16.6. The first-order valence-corrected chi connectivity index (χ1v) is 11.0. The number of anilines is 1. The number of aromatic nitrogens is 4. The van der Waals surface area contributed by atoms with E-state index in [0.29, 0.717) is 51.1 Å². The fraction of sp³-hybridized carbons (Fsp3) is 0.391. The quantitative estimate of drug-likeness (QED) is 0.652. The Morgan fingerprint density at radius 2 is 1.97 bits per heavy atom. The van der Waals surface area contributed by atoms with Crippen LogP contribution in [0.5, 0.6) is 5.75 Å². The number of benzene rings is 1. The van der Waals surface area contributed by atoms with Gasteiger partial charge in [-0.3, -0.25) is 4.79 Å². The Morgan fingerprint density at radius 1 is 1.15 bits per heavy atom. The van der Waals surface area contributed by atoms with E-state index in [-0.39, 0.29) is 17.8 Å². The number of carbonyl (C=O) groups excluding carboxylic acids is 1. The first kappa shape index (κ1) is 21.3. The average molecular weight is 454 g/mol. The molecule has 0 aliphatic carbocycles. The maximum atomic E-state index is 14.0. The molecule has 5 rings (SSSR count). The summed E-state index contributed by atoms with van der Waals surface area (Å²) >= 11 is 0. The molecule has 4 heterocycles. The Hall–Kier alpha value is -3.56. The van der Waals surface area contributed by atoms with E-state index in [1.807, 2.05) is 0 Å². The van der Waals surface area contributed by atoms with E-state index in [4.69, 9.17) is 14.7 Å². The van der Waals surface area contributed by atoms with Crippen LogP contribution in [0.3, 0.4) is 0 Å². The van der Waals surface area contributed by atoms with Crippen LogP contribution in [0.4, 0.5) is 14.6 Å². The molecular weight excluding hydrogens is 430 g/mol. The highest BCUT2D eigenvalue weighted by atomic mass is 19.1. The number of hydrogen-bond donors (Lipinski definition) is 1. The van der Waals surface area contributed by atoms with Gasteiger partial charge in [-0.05, 0) is 12.1 Å². The van der Waals surface area contributed by atoms with Crippen LogP contribution < -0.4 is 9.64 Å². The summed E-state index contributed by atoms with van der Waals surface area (Å²) in [5, 5.41) is 0. The van der Waals surface area contributed by atoms with E-state index in [2.05, 4.69) is 14.9 Å². The SMILES string of the molecule is CC(=O)N1CCc2nc(N3CCC(Oc4ccc(F)cc4F)CC3)c(-c3cnc[nH]3)nc2C1. The number of H-pyrrole nitrogens is 1. The van der Waals surface area contributed by atoms with Gasteiger partial charge in [0.05, 0.1) is 36.2 Å². The summed E-state index contributed by atoms with van der Waals surface area (Å²) < 4.78 is 32.9. The zero-order chi connectivity index (χ0) is 22.9. The molecule has 1 aromatic carbocycles. The molecule has 8 nitrogen and oxygen atoms in total. The molecule has 0 atom stereocenters. The second kappa shape index (κ2) is 8.76. The molecule has 1 amide bonds. The highest BCUT2D eigenvalue weighted by molar-refractivity contribution is 5.74. The molecule has 33 heavy (non-hydrogen) atoms. The van der Waals surface area contributed by atoms with E-state index in [1.165, 1.54) is 12.1 Å². The van der Waals surface area contributed by atoms with Crippen molar-refractivity contribution in [3.63, 3.8) is 0 Å². The minimum Gasteiger partial charge on any atom is -0.487 e. The third kappa shape index (κ3) is 4.37. The molecule has 172 valence electrons. The molecule has 0 bridgehead atoms. The number of carbonyl (C=O) groups is 1. The van der Waals surface area contributed by atoms with Gasteiger partial charge in [0.15, 0.2) is 17.4 Å². The molecule has 0 unspecified atom stereocenters. The molecule has 2 aromatic heterocycles. The Morgan fingerprint density at radius 3 is 2.67 bits per heavy atom. The van der Waals surface area contributed by atoms with Crippen molar-refractivity contribution in [2.24, 2.45) is 0 Å². The van der Waals surface area contributed by atoms with Gasteiger partial charge in [-0.25, -0.2) is 23.7 Å². The molecule has 1 N–H and O–H groups in total. The lowest BCUT2D eigenvalue weighted by Crippen LogP contribution is -2.40. The van der Waals surface area contributed by atoms with E-state index in [0.717, 1.165) is 29.0 Å². The Bertz CT molecular complexity index is 1160. The number of nitrogens with zero attached hydrogens (tertiary/aromatic N) is 5. The largest absolute Gasteiger partial charge is 0.487 e. The van der Waals surface area contributed by atoms with E-state index < -0.39 is 11.6 Å². The smallest absolute Gasteiger partial charge is 0.219 e. The molecular formula is C23H24F2N6O2. The first-order chi connectivity index (χ1) is 16.0. The van der Waals surface area contributed by atoms with Crippen molar-refractivity contribution in [2.45, 2.75) is 38.8 Å². The topological polar surface area (TPSA) is 87.2 Å². The summed E-state index contributed by atoms with van der Waals surface area (Å²) in [6.45, 7) is 3.94. The molecule has 1 saturated heterocycles. The van der Waals surface area contributed by atoms with Crippen molar-refractivity contribution in [3.05, 3.63) is 53.7 Å². The third-order valence-corrected chi connectivity index (χ3v) is 6.12. The minimum absolute atomic E-state index is 0.0225. The van der Waals surface area contributed by atoms with Crippen LogP contribution >= 0.6 is 0 Å². The number of piperidine rings is 1. The number of aromatic amines is 1. The maximum absolute atomic E-state index is 14.0. The molecule has 10 heteroatoms. The summed E-state index contributed by atoms with van der Waals surface area (Å²) in [6, 6.07) is 3.35. The van der Waals surface area contributed by atoms with Crippen molar-refractivity contribution < 1.29 is 18.3 Å². The lowest BCUT2D eigenvalue weighted by atomic mass is 10.1. The predicted octanol–water partition coefficient (Wildman–Crippen LogP) is 3.10. The van der Waals surface area contributed by atoms with Crippen molar-refractivity contribution in [1.29, 1.82) is 0 Å². The van der Waals surface area contributed by atoms with E-state index >= 15 is 0 Å². The lowest BCUT2D eigenvalue weighted by molar-refractivity contribution is -0.129. The Kier molecular flexibility index (Phi) is 5.65. The van der Waals surface area contributed by atoms with Gasteiger partial charge >= 0.3 is 0 Å². The number of imidazole rings is 1. The first-order valence-electron chi connectivity index (χ1n) is 11.0. The van der Waals surface area contributed by atoms with Crippen LogP contribution in [0.2, 0.25) is 0 Å². The van der Waals surface area contributed by atoms with Gasteiger partial charge in [-0.2, -0.15) is 0 Å². The van der Waals surface area contributed by atoms with Gasteiger partial charge in [0.25, 0.3) is 0 Å². The predicted molar refractivity (Wildman–Crippen MR) is 117 cm³/mol. The van der Waals surface area contributed by atoms with Gasteiger partial charge in [0, 0.05) is 51.9 Å². The fourth-order valence-electron chi connectivity index (χ4n) is 4.31. The zero-order valence-corrected chi connectivity index (χ0v) is 18.2. The van der Waals surface area contributed by atoms with Gasteiger partial charge in [-0.1, -0.05) is 0 Å². The van der Waals surface area contributed by atoms with Crippen molar-refractivity contribution >= 4 is 11.7 Å². The van der Waals surface area contributed by atoms with Crippen LogP contribution in [0.1, 0.15) is 31.2 Å².